The van der Waals surface area contributed by atoms with Crippen molar-refractivity contribution in [2.75, 3.05) is 6.26 Å². The van der Waals surface area contributed by atoms with Gasteiger partial charge >= 0.3 is 5.97 Å². The van der Waals surface area contributed by atoms with Gasteiger partial charge in [0.1, 0.15) is 0 Å². The summed E-state index contributed by atoms with van der Waals surface area (Å²) in [4.78, 5) is 14.7. The number of hydrogen-bond donors (Lipinski definition) is 1. The van der Waals surface area contributed by atoms with Gasteiger partial charge in [-0.1, -0.05) is 0 Å². The number of aromatic nitrogens is 1. The van der Waals surface area contributed by atoms with Crippen molar-refractivity contribution in [2.45, 2.75) is 17.7 Å². The zero-order valence-electron chi connectivity index (χ0n) is 10.7. The van der Waals surface area contributed by atoms with Gasteiger partial charge in [0.25, 0.3) is 0 Å². The number of carboxylic acids is 1. The summed E-state index contributed by atoms with van der Waals surface area (Å²) in [7, 11) is -3.23. The SMILES string of the molecule is CS(=O)(=O)c1ccc(-c2cnc(CCC(=O)O)o2)cc1. The number of aryl methyl sites for hydroxylation is 1. The Labute approximate surface area is 116 Å². The van der Waals surface area contributed by atoms with Crippen molar-refractivity contribution in [3.8, 4) is 11.3 Å². The van der Waals surface area contributed by atoms with E-state index in [-0.39, 0.29) is 17.7 Å². The van der Waals surface area contributed by atoms with Crippen LogP contribution in [-0.2, 0) is 21.1 Å². The minimum Gasteiger partial charge on any atom is -0.481 e. The second-order valence-electron chi connectivity index (χ2n) is 4.31. The molecule has 0 atom stereocenters. The summed E-state index contributed by atoms with van der Waals surface area (Å²) in [6.45, 7) is 0. The minimum absolute atomic E-state index is 0.0486. The fourth-order valence-corrected chi connectivity index (χ4v) is 2.27. The number of aliphatic carboxylic acids is 1. The third kappa shape index (κ3) is 3.45. The molecule has 20 heavy (non-hydrogen) atoms. The fraction of sp³-hybridized carbons (Fsp3) is 0.231. The molecule has 1 N–H and O–H groups in total. The van der Waals surface area contributed by atoms with Gasteiger partial charge in [-0.15, -0.1) is 0 Å². The lowest BCUT2D eigenvalue weighted by molar-refractivity contribution is -0.137. The molecule has 0 bridgehead atoms. The van der Waals surface area contributed by atoms with Crippen LogP contribution >= 0.6 is 0 Å². The van der Waals surface area contributed by atoms with Gasteiger partial charge in [0, 0.05) is 18.2 Å². The van der Waals surface area contributed by atoms with Crippen LogP contribution in [0, 0.1) is 0 Å². The Hall–Kier alpha value is -2.15. The molecule has 0 fully saturated rings. The second-order valence-corrected chi connectivity index (χ2v) is 6.32. The largest absolute Gasteiger partial charge is 0.481 e. The second kappa shape index (κ2) is 5.46. The first-order valence-corrected chi connectivity index (χ1v) is 7.72. The third-order valence-corrected chi connectivity index (χ3v) is 3.80. The first-order chi connectivity index (χ1) is 9.36. The minimum atomic E-state index is -3.23. The van der Waals surface area contributed by atoms with Crippen LogP contribution in [0.4, 0.5) is 0 Å². The molecule has 2 rings (SSSR count). The van der Waals surface area contributed by atoms with E-state index < -0.39 is 15.8 Å². The predicted molar refractivity (Wildman–Crippen MR) is 71.0 cm³/mol. The van der Waals surface area contributed by atoms with E-state index in [1.165, 1.54) is 18.3 Å². The smallest absolute Gasteiger partial charge is 0.303 e. The maximum atomic E-state index is 11.3. The molecule has 2 aromatic rings. The maximum absolute atomic E-state index is 11.3. The molecule has 0 saturated carbocycles. The molecule has 0 aliphatic carbocycles. The van der Waals surface area contributed by atoms with Gasteiger partial charge in [-0.3, -0.25) is 4.79 Å². The molecule has 0 amide bonds. The summed E-state index contributed by atoms with van der Waals surface area (Å²) < 4.78 is 28.1. The number of sulfone groups is 1. The Balaban J connectivity index is 2.18. The molecule has 0 saturated heterocycles. The lowest BCUT2D eigenvalue weighted by Crippen LogP contribution is -1.97. The lowest BCUT2D eigenvalue weighted by atomic mass is 10.2. The van der Waals surface area contributed by atoms with Crippen LogP contribution in [0.5, 0.6) is 0 Å². The fourth-order valence-electron chi connectivity index (χ4n) is 1.64. The van der Waals surface area contributed by atoms with Crippen LogP contribution in [0.1, 0.15) is 12.3 Å². The van der Waals surface area contributed by atoms with Gasteiger partial charge < -0.3 is 9.52 Å². The molecule has 1 aromatic heterocycles. The maximum Gasteiger partial charge on any atom is 0.303 e. The number of benzene rings is 1. The molecule has 0 aliphatic heterocycles. The molecule has 1 heterocycles. The number of oxazole rings is 1. The Kier molecular flexibility index (Phi) is 3.89. The van der Waals surface area contributed by atoms with Crippen LogP contribution in [0.25, 0.3) is 11.3 Å². The summed E-state index contributed by atoms with van der Waals surface area (Å²) in [5, 5.41) is 8.58. The highest BCUT2D eigenvalue weighted by molar-refractivity contribution is 7.90. The molecule has 0 aliphatic rings. The highest BCUT2D eigenvalue weighted by Gasteiger charge is 2.10. The van der Waals surface area contributed by atoms with Crippen LogP contribution < -0.4 is 0 Å². The lowest BCUT2D eigenvalue weighted by Gasteiger charge is -1.99. The number of rotatable bonds is 5. The van der Waals surface area contributed by atoms with Crippen molar-refractivity contribution in [1.82, 2.24) is 4.98 Å². The van der Waals surface area contributed by atoms with Crippen molar-refractivity contribution >= 4 is 15.8 Å². The van der Waals surface area contributed by atoms with Crippen molar-refractivity contribution in [3.63, 3.8) is 0 Å². The predicted octanol–water partition coefficient (Wildman–Crippen LogP) is 1.76. The van der Waals surface area contributed by atoms with Gasteiger partial charge in [-0.2, -0.15) is 0 Å². The molecule has 7 heteroatoms. The first-order valence-electron chi connectivity index (χ1n) is 5.83. The van der Waals surface area contributed by atoms with Crippen LogP contribution in [0.15, 0.2) is 39.8 Å². The van der Waals surface area contributed by atoms with Crippen molar-refractivity contribution < 1.29 is 22.7 Å². The summed E-state index contributed by atoms with van der Waals surface area (Å²) in [6, 6.07) is 6.23. The molecule has 0 spiro atoms. The number of nitrogens with zero attached hydrogens (tertiary/aromatic N) is 1. The first kappa shape index (κ1) is 14.3. The Morgan fingerprint density at radius 3 is 2.50 bits per heavy atom. The van der Waals surface area contributed by atoms with E-state index in [0.717, 1.165) is 6.26 Å². The zero-order chi connectivity index (χ0) is 14.8. The quantitative estimate of drug-likeness (QED) is 0.902. The van der Waals surface area contributed by atoms with E-state index in [4.69, 9.17) is 9.52 Å². The summed E-state index contributed by atoms with van der Waals surface area (Å²) in [6.07, 6.45) is 2.80. The Morgan fingerprint density at radius 1 is 1.30 bits per heavy atom. The van der Waals surface area contributed by atoms with Crippen molar-refractivity contribution in [1.29, 1.82) is 0 Å². The normalized spacial score (nSPS) is 11.4. The van der Waals surface area contributed by atoms with E-state index >= 15 is 0 Å². The molecular weight excluding hydrogens is 282 g/mol. The van der Waals surface area contributed by atoms with Crippen LogP contribution in [-0.4, -0.2) is 30.7 Å². The Bertz CT molecular complexity index is 715. The highest BCUT2D eigenvalue weighted by atomic mass is 32.2. The van der Waals surface area contributed by atoms with Gasteiger partial charge in [0.05, 0.1) is 17.5 Å². The summed E-state index contributed by atoms with van der Waals surface area (Å²) >= 11 is 0. The van der Waals surface area contributed by atoms with E-state index in [1.54, 1.807) is 12.1 Å². The summed E-state index contributed by atoms with van der Waals surface area (Å²) in [5.41, 5.74) is 0.687. The molecule has 0 unspecified atom stereocenters. The Morgan fingerprint density at radius 2 is 1.95 bits per heavy atom. The highest BCUT2D eigenvalue weighted by Crippen LogP contribution is 2.22. The molecule has 1 aromatic carbocycles. The van der Waals surface area contributed by atoms with E-state index in [1.807, 2.05) is 0 Å². The number of carboxylic acid groups (broad SMARTS) is 1. The van der Waals surface area contributed by atoms with Gasteiger partial charge in [-0.05, 0) is 24.3 Å². The van der Waals surface area contributed by atoms with Crippen LogP contribution in [0.3, 0.4) is 0 Å². The van der Waals surface area contributed by atoms with Gasteiger partial charge in [0.15, 0.2) is 21.5 Å². The summed E-state index contributed by atoms with van der Waals surface area (Å²) in [5.74, 6) is -0.0951. The molecule has 0 radical (unpaired) electrons. The average Bonchev–Trinajstić information content (AvgIpc) is 2.84. The average molecular weight is 295 g/mol. The molecule has 106 valence electrons. The van der Waals surface area contributed by atoms with Gasteiger partial charge in [0.2, 0.25) is 0 Å². The van der Waals surface area contributed by atoms with E-state index in [2.05, 4.69) is 4.98 Å². The van der Waals surface area contributed by atoms with Crippen molar-refractivity contribution in [2.24, 2.45) is 0 Å². The van der Waals surface area contributed by atoms with Gasteiger partial charge in [-0.25, -0.2) is 13.4 Å². The molecular formula is C13H13NO5S. The number of carbonyl (C=O) groups is 1. The zero-order valence-corrected chi connectivity index (χ0v) is 11.6. The molecule has 6 nitrogen and oxygen atoms in total. The number of hydrogen-bond acceptors (Lipinski definition) is 5. The van der Waals surface area contributed by atoms with E-state index in [9.17, 15) is 13.2 Å². The van der Waals surface area contributed by atoms with E-state index in [0.29, 0.717) is 17.2 Å². The standard InChI is InChI=1S/C13H13NO5S/c1-20(17,18)10-4-2-9(3-5-10)11-8-14-12(19-11)6-7-13(15)16/h2-5,8H,6-7H2,1H3,(H,15,16). The van der Waals surface area contributed by atoms with Crippen molar-refractivity contribution in [3.05, 3.63) is 36.4 Å². The van der Waals surface area contributed by atoms with Crippen LogP contribution in [0.2, 0.25) is 0 Å². The third-order valence-electron chi connectivity index (χ3n) is 2.67. The monoisotopic (exact) mass is 295 g/mol. The topological polar surface area (TPSA) is 97.5 Å².